The van der Waals surface area contributed by atoms with Gasteiger partial charge in [-0.15, -0.1) is 0 Å². The third-order valence-electron chi connectivity index (χ3n) is 6.14. The van der Waals surface area contributed by atoms with Crippen LogP contribution in [0.4, 0.5) is 4.79 Å². The van der Waals surface area contributed by atoms with Crippen molar-refractivity contribution in [1.29, 1.82) is 0 Å². The number of urea groups is 1. The van der Waals surface area contributed by atoms with Gasteiger partial charge in [0.2, 0.25) is 0 Å². The molecule has 0 bridgehead atoms. The van der Waals surface area contributed by atoms with Crippen LogP contribution in [0.1, 0.15) is 42.6 Å². The number of ether oxygens (including phenoxy) is 2. The number of imide groups is 1. The summed E-state index contributed by atoms with van der Waals surface area (Å²) in [4.78, 5) is 26.6. The average Bonchev–Trinajstić information content (AvgIpc) is 3.01. The number of aliphatic hydroxyl groups excluding tert-OH is 1. The van der Waals surface area contributed by atoms with Gasteiger partial charge in [-0.3, -0.25) is 9.69 Å². The van der Waals surface area contributed by atoms with E-state index in [0.29, 0.717) is 11.3 Å². The SMILES string of the molecule is COc1ccc([C@]2(C)NC(=O)N(C[C@@H](O)CO[C@@H]3CCCc4ccccc43)C2=O)cc1. The summed E-state index contributed by atoms with van der Waals surface area (Å²) in [5.74, 6) is 0.266. The number of benzene rings is 2. The van der Waals surface area contributed by atoms with Gasteiger partial charge in [0.1, 0.15) is 11.3 Å². The van der Waals surface area contributed by atoms with Crippen molar-refractivity contribution in [3.05, 3.63) is 65.2 Å². The van der Waals surface area contributed by atoms with Gasteiger partial charge in [-0.1, -0.05) is 36.4 Å². The van der Waals surface area contributed by atoms with Crippen molar-refractivity contribution in [3.8, 4) is 5.75 Å². The van der Waals surface area contributed by atoms with Gasteiger partial charge in [-0.05, 0) is 55.0 Å². The molecule has 164 valence electrons. The number of hydrogen-bond acceptors (Lipinski definition) is 5. The van der Waals surface area contributed by atoms with Crippen molar-refractivity contribution in [2.45, 2.75) is 43.9 Å². The van der Waals surface area contributed by atoms with E-state index in [2.05, 4.69) is 17.4 Å². The number of carbonyl (C=O) groups is 2. The maximum atomic E-state index is 13.1. The normalized spacial score (nSPS) is 24.0. The Kier molecular flexibility index (Phi) is 5.98. The minimum atomic E-state index is -1.19. The first-order valence-electron chi connectivity index (χ1n) is 10.6. The second-order valence-electron chi connectivity index (χ2n) is 8.27. The van der Waals surface area contributed by atoms with E-state index >= 15 is 0 Å². The molecule has 2 aromatic carbocycles. The number of aliphatic hydroxyl groups is 1. The molecular weight excluding hydrogens is 396 g/mol. The summed E-state index contributed by atoms with van der Waals surface area (Å²) in [5, 5.41) is 13.3. The van der Waals surface area contributed by atoms with Gasteiger partial charge in [0.25, 0.3) is 5.91 Å². The molecule has 4 rings (SSSR count). The molecule has 1 heterocycles. The summed E-state index contributed by atoms with van der Waals surface area (Å²) in [6.45, 7) is 1.59. The van der Waals surface area contributed by atoms with Gasteiger partial charge in [0.15, 0.2) is 0 Å². The molecule has 0 unspecified atom stereocenters. The second kappa shape index (κ2) is 8.69. The highest BCUT2D eigenvalue weighted by Crippen LogP contribution is 2.33. The second-order valence-corrected chi connectivity index (χ2v) is 8.27. The van der Waals surface area contributed by atoms with Crippen molar-refractivity contribution in [2.24, 2.45) is 0 Å². The number of β-amino-alcohol motifs (C(OH)–C–C–N with tert-alkyl or cyclic N) is 1. The third-order valence-corrected chi connectivity index (χ3v) is 6.14. The van der Waals surface area contributed by atoms with Crippen LogP contribution in [-0.2, 0) is 21.5 Å². The van der Waals surface area contributed by atoms with Crippen LogP contribution in [0.25, 0.3) is 0 Å². The van der Waals surface area contributed by atoms with Gasteiger partial charge in [-0.25, -0.2) is 4.79 Å². The number of amides is 3. The Morgan fingerprint density at radius 1 is 1.19 bits per heavy atom. The molecule has 2 aliphatic rings. The Hall–Kier alpha value is -2.90. The Morgan fingerprint density at radius 3 is 2.68 bits per heavy atom. The van der Waals surface area contributed by atoms with Gasteiger partial charge >= 0.3 is 6.03 Å². The first kappa shape index (κ1) is 21.3. The van der Waals surface area contributed by atoms with Crippen molar-refractivity contribution < 1.29 is 24.2 Å². The molecule has 1 fully saturated rings. The number of rotatable bonds is 7. The highest BCUT2D eigenvalue weighted by molar-refractivity contribution is 6.07. The molecule has 0 aromatic heterocycles. The molecule has 0 spiro atoms. The third kappa shape index (κ3) is 4.16. The van der Waals surface area contributed by atoms with Crippen LogP contribution in [0, 0.1) is 0 Å². The lowest BCUT2D eigenvalue weighted by Crippen LogP contribution is -2.42. The van der Waals surface area contributed by atoms with E-state index in [1.165, 1.54) is 5.56 Å². The summed E-state index contributed by atoms with van der Waals surface area (Å²) in [6.07, 6.45) is 1.91. The molecule has 3 atom stereocenters. The number of fused-ring (bicyclic) bond motifs is 1. The zero-order valence-corrected chi connectivity index (χ0v) is 17.8. The van der Waals surface area contributed by atoms with Crippen LogP contribution in [0.3, 0.4) is 0 Å². The number of aryl methyl sites for hydroxylation is 1. The molecule has 0 saturated carbocycles. The molecule has 1 saturated heterocycles. The first-order chi connectivity index (χ1) is 14.9. The Bertz CT molecular complexity index is 961. The van der Waals surface area contributed by atoms with Crippen LogP contribution >= 0.6 is 0 Å². The van der Waals surface area contributed by atoms with E-state index in [9.17, 15) is 14.7 Å². The maximum Gasteiger partial charge on any atom is 0.325 e. The highest BCUT2D eigenvalue weighted by atomic mass is 16.5. The van der Waals surface area contributed by atoms with E-state index in [-0.39, 0.29) is 19.3 Å². The molecular formula is C24H28N2O5. The maximum absolute atomic E-state index is 13.1. The number of carbonyl (C=O) groups excluding carboxylic acids is 2. The highest BCUT2D eigenvalue weighted by Gasteiger charge is 2.49. The predicted octanol–water partition coefficient (Wildman–Crippen LogP) is 2.92. The zero-order chi connectivity index (χ0) is 22.0. The zero-order valence-electron chi connectivity index (χ0n) is 17.8. The fraction of sp³-hybridized carbons (Fsp3) is 0.417. The van der Waals surface area contributed by atoms with E-state index < -0.39 is 23.6 Å². The fourth-order valence-electron chi connectivity index (χ4n) is 4.36. The topological polar surface area (TPSA) is 88.1 Å². The molecule has 0 radical (unpaired) electrons. The van der Waals surface area contributed by atoms with Gasteiger partial charge in [0.05, 0.1) is 32.5 Å². The largest absolute Gasteiger partial charge is 0.497 e. The number of methoxy groups -OCH3 is 1. The lowest BCUT2D eigenvalue weighted by Gasteiger charge is -2.27. The van der Waals surface area contributed by atoms with Crippen LogP contribution < -0.4 is 10.1 Å². The van der Waals surface area contributed by atoms with E-state index in [0.717, 1.165) is 29.7 Å². The summed E-state index contributed by atoms with van der Waals surface area (Å²) < 4.78 is 11.1. The Labute approximate surface area is 182 Å². The standard InChI is InChI=1S/C24H28N2O5/c1-24(17-10-12-19(30-2)13-11-17)22(28)26(23(29)25-24)14-18(27)15-31-21-9-5-7-16-6-3-4-8-20(16)21/h3-4,6,8,10-13,18,21,27H,5,7,9,14-15H2,1-2H3,(H,25,29)/t18-,21-,24+/m1/s1. The molecule has 1 aliphatic heterocycles. The fourth-order valence-corrected chi connectivity index (χ4v) is 4.36. The van der Waals surface area contributed by atoms with E-state index in [1.807, 2.05) is 12.1 Å². The summed E-state index contributed by atoms with van der Waals surface area (Å²) >= 11 is 0. The summed E-state index contributed by atoms with van der Waals surface area (Å²) in [5.41, 5.74) is 1.89. The lowest BCUT2D eigenvalue weighted by atomic mass is 9.89. The van der Waals surface area contributed by atoms with Gasteiger partial charge < -0.3 is 19.9 Å². The van der Waals surface area contributed by atoms with Crippen molar-refractivity contribution in [3.63, 3.8) is 0 Å². The molecule has 2 aromatic rings. The van der Waals surface area contributed by atoms with Crippen molar-refractivity contribution in [1.82, 2.24) is 10.2 Å². The smallest absolute Gasteiger partial charge is 0.325 e. The summed E-state index contributed by atoms with van der Waals surface area (Å²) in [6, 6.07) is 14.6. The Morgan fingerprint density at radius 2 is 1.94 bits per heavy atom. The lowest BCUT2D eigenvalue weighted by molar-refractivity contribution is -0.132. The van der Waals surface area contributed by atoms with Crippen LogP contribution in [0.5, 0.6) is 5.75 Å². The molecule has 7 heteroatoms. The van der Waals surface area contributed by atoms with Crippen LogP contribution in [0.2, 0.25) is 0 Å². The van der Waals surface area contributed by atoms with Crippen molar-refractivity contribution >= 4 is 11.9 Å². The van der Waals surface area contributed by atoms with E-state index in [1.54, 1.807) is 38.3 Å². The Balaban J connectivity index is 1.39. The predicted molar refractivity (Wildman–Crippen MR) is 115 cm³/mol. The average molecular weight is 424 g/mol. The number of hydrogen-bond donors (Lipinski definition) is 2. The summed E-state index contributed by atoms with van der Waals surface area (Å²) in [7, 11) is 1.57. The van der Waals surface area contributed by atoms with Crippen LogP contribution in [0.15, 0.2) is 48.5 Å². The minimum Gasteiger partial charge on any atom is -0.497 e. The van der Waals surface area contributed by atoms with E-state index in [4.69, 9.17) is 9.47 Å². The quantitative estimate of drug-likeness (QED) is 0.668. The number of nitrogens with zero attached hydrogens (tertiary/aromatic N) is 1. The van der Waals surface area contributed by atoms with Gasteiger partial charge in [0, 0.05) is 0 Å². The molecule has 3 amide bonds. The molecule has 7 nitrogen and oxygen atoms in total. The minimum absolute atomic E-state index is 0.0509. The van der Waals surface area contributed by atoms with Gasteiger partial charge in [-0.2, -0.15) is 0 Å². The van der Waals surface area contributed by atoms with Crippen LogP contribution in [-0.4, -0.2) is 48.3 Å². The first-order valence-corrected chi connectivity index (χ1v) is 10.6. The molecule has 31 heavy (non-hydrogen) atoms. The molecule has 1 aliphatic carbocycles. The monoisotopic (exact) mass is 424 g/mol. The molecule has 2 N–H and O–H groups in total. The number of nitrogens with one attached hydrogen (secondary N) is 1. The van der Waals surface area contributed by atoms with Crippen molar-refractivity contribution in [2.75, 3.05) is 20.3 Å².